The van der Waals surface area contributed by atoms with Gasteiger partial charge in [0.2, 0.25) is 0 Å². The first-order chi connectivity index (χ1) is 7.71. The van der Waals surface area contributed by atoms with E-state index in [2.05, 4.69) is 26.8 Å². The summed E-state index contributed by atoms with van der Waals surface area (Å²) in [4.78, 5) is 12.9. The number of nitrogens with zero attached hydrogens (tertiary/aromatic N) is 1. The molecule has 0 aliphatic carbocycles. The van der Waals surface area contributed by atoms with E-state index < -0.39 is 0 Å². The Balaban J connectivity index is 2.95. The van der Waals surface area contributed by atoms with Crippen molar-refractivity contribution in [2.45, 2.75) is 33.1 Å². The number of ether oxygens (including phenoxy) is 1. The van der Waals surface area contributed by atoms with Crippen molar-refractivity contribution in [3.8, 4) is 5.75 Å². The summed E-state index contributed by atoms with van der Waals surface area (Å²) in [6.45, 7) is 8.43. The fourth-order valence-corrected chi connectivity index (χ4v) is 1.42. The van der Waals surface area contributed by atoms with Crippen LogP contribution < -0.4 is 4.74 Å². The third-order valence-corrected chi connectivity index (χ3v) is 2.60. The molecule has 1 rings (SSSR count). The van der Waals surface area contributed by atoms with Crippen LogP contribution in [0.3, 0.4) is 0 Å². The number of carbonyl (C=O) groups is 1. The molecule has 0 spiro atoms. The highest BCUT2D eigenvalue weighted by Gasteiger charge is 2.16. The molecule has 3 nitrogen and oxygen atoms in total. The second-order valence-electron chi connectivity index (χ2n) is 5.49. The van der Waals surface area contributed by atoms with Crippen molar-refractivity contribution in [2.75, 3.05) is 14.1 Å². The van der Waals surface area contributed by atoms with Crippen molar-refractivity contribution < 1.29 is 9.53 Å². The van der Waals surface area contributed by atoms with Crippen molar-refractivity contribution in [1.82, 2.24) is 4.90 Å². The molecule has 1 aromatic rings. The van der Waals surface area contributed by atoms with E-state index in [1.165, 1.54) is 10.5 Å². The summed E-state index contributed by atoms with van der Waals surface area (Å²) < 4.78 is 5.26. The summed E-state index contributed by atoms with van der Waals surface area (Å²) in [6, 6.07) is 5.93. The monoisotopic (exact) mass is 235 g/mol. The minimum atomic E-state index is -0.350. The number of benzene rings is 1. The van der Waals surface area contributed by atoms with Gasteiger partial charge in [-0.2, -0.15) is 0 Å². The van der Waals surface area contributed by atoms with Gasteiger partial charge in [0.1, 0.15) is 5.75 Å². The molecular formula is C14H21NO2. The highest BCUT2D eigenvalue weighted by Crippen LogP contribution is 2.27. The molecule has 0 fully saturated rings. The lowest BCUT2D eigenvalue weighted by Crippen LogP contribution is -2.25. The molecule has 1 amide bonds. The van der Waals surface area contributed by atoms with E-state index >= 15 is 0 Å². The first-order valence-electron chi connectivity index (χ1n) is 5.72. The molecule has 3 heteroatoms. The maximum absolute atomic E-state index is 11.4. The van der Waals surface area contributed by atoms with Crippen LogP contribution in [-0.2, 0) is 5.41 Å². The maximum atomic E-state index is 11.4. The lowest BCUT2D eigenvalue weighted by Gasteiger charge is -2.20. The maximum Gasteiger partial charge on any atom is 0.414 e. The Morgan fingerprint density at radius 1 is 1.24 bits per heavy atom. The molecule has 0 radical (unpaired) electrons. The quantitative estimate of drug-likeness (QED) is 0.747. The summed E-state index contributed by atoms with van der Waals surface area (Å²) in [5.74, 6) is 0.622. The summed E-state index contributed by atoms with van der Waals surface area (Å²) in [5, 5.41) is 0. The van der Waals surface area contributed by atoms with Gasteiger partial charge in [-0.15, -0.1) is 0 Å². The van der Waals surface area contributed by atoms with Gasteiger partial charge in [-0.3, -0.25) is 0 Å². The van der Waals surface area contributed by atoms with Crippen LogP contribution in [0.1, 0.15) is 31.9 Å². The predicted octanol–water partition coefficient (Wildman–Crippen LogP) is 3.35. The minimum absolute atomic E-state index is 0.106. The lowest BCUT2D eigenvalue weighted by atomic mass is 9.86. The van der Waals surface area contributed by atoms with Gasteiger partial charge in [-0.1, -0.05) is 32.9 Å². The van der Waals surface area contributed by atoms with Crippen LogP contribution in [0.25, 0.3) is 0 Å². The number of hydrogen-bond acceptors (Lipinski definition) is 2. The van der Waals surface area contributed by atoms with Crippen LogP contribution >= 0.6 is 0 Å². The summed E-state index contributed by atoms with van der Waals surface area (Å²) in [5.41, 5.74) is 2.32. The molecule has 0 N–H and O–H groups in total. The Bertz CT molecular complexity index is 417. The first kappa shape index (κ1) is 13.6. The van der Waals surface area contributed by atoms with Crippen LogP contribution in [0.15, 0.2) is 18.2 Å². The van der Waals surface area contributed by atoms with E-state index in [1.54, 1.807) is 14.1 Å². The Kier molecular flexibility index (Phi) is 3.81. The first-order valence-corrected chi connectivity index (χ1v) is 5.72. The highest BCUT2D eigenvalue weighted by atomic mass is 16.6. The molecule has 0 bridgehead atoms. The van der Waals surface area contributed by atoms with Gasteiger partial charge in [0.15, 0.2) is 0 Å². The van der Waals surface area contributed by atoms with Crippen LogP contribution in [0, 0.1) is 6.92 Å². The van der Waals surface area contributed by atoms with E-state index in [4.69, 9.17) is 4.74 Å². The summed E-state index contributed by atoms with van der Waals surface area (Å²) in [7, 11) is 3.34. The Labute approximate surface area is 103 Å². The Hall–Kier alpha value is -1.51. The molecule has 0 saturated carbocycles. The fraction of sp³-hybridized carbons (Fsp3) is 0.500. The topological polar surface area (TPSA) is 29.5 Å². The zero-order chi connectivity index (χ0) is 13.2. The van der Waals surface area contributed by atoms with E-state index in [-0.39, 0.29) is 11.5 Å². The molecule has 0 aliphatic rings. The normalized spacial score (nSPS) is 11.2. The largest absolute Gasteiger partial charge is 0.414 e. The SMILES string of the molecule is Cc1cc(C(C)(C)C)ccc1OC(=O)N(C)C. The molecule has 0 atom stereocenters. The molecular weight excluding hydrogens is 214 g/mol. The van der Waals surface area contributed by atoms with Gasteiger partial charge in [-0.05, 0) is 29.5 Å². The summed E-state index contributed by atoms with van der Waals surface area (Å²) in [6.07, 6.45) is -0.350. The number of amides is 1. The molecule has 0 aromatic heterocycles. The standard InChI is InChI=1S/C14H21NO2/c1-10-9-11(14(2,3)4)7-8-12(10)17-13(16)15(5)6/h7-9H,1-6H3. The lowest BCUT2D eigenvalue weighted by molar-refractivity contribution is 0.171. The number of rotatable bonds is 1. The van der Waals surface area contributed by atoms with Crippen LogP contribution in [0.5, 0.6) is 5.75 Å². The molecule has 94 valence electrons. The van der Waals surface area contributed by atoms with Gasteiger partial charge >= 0.3 is 6.09 Å². The van der Waals surface area contributed by atoms with Crippen molar-refractivity contribution >= 4 is 6.09 Å². The minimum Gasteiger partial charge on any atom is -0.410 e. The Morgan fingerprint density at radius 2 is 1.82 bits per heavy atom. The molecule has 0 aliphatic heterocycles. The van der Waals surface area contributed by atoms with Crippen molar-refractivity contribution in [1.29, 1.82) is 0 Å². The second kappa shape index (κ2) is 4.78. The van der Waals surface area contributed by atoms with Crippen molar-refractivity contribution in [3.63, 3.8) is 0 Å². The second-order valence-corrected chi connectivity index (χ2v) is 5.49. The van der Waals surface area contributed by atoms with Crippen molar-refractivity contribution in [3.05, 3.63) is 29.3 Å². The molecule has 0 heterocycles. The van der Waals surface area contributed by atoms with Gasteiger partial charge < -0.3 is 9.64 Å². The average Bonchev–Trinajstić information content (AvgIpc) is 2.19. The predicted molar refractivity (Wildman–Crippen MR) is 69.6 cm³/mol. The van der Waals surface area contributed by atoms with Gasteiger partial charge in [0, 0.05) is 14.1 Å². The smallest absolute Gasteiger partial charge is 0.410 e. The molecule has 17 heavy (non-hydrogen) atoms. The molecule has 0 unspecified atom stereocenters. The number of hydrogen-bond donors (Lipinski definition) is 0. The van der Waals surface area contributed by atoms with E-state index in [9.17, 15) is 4.79 Å². The summed E-state index contributed by atoms with van der Waals surface area (Å²) >= 11 is 0. The van der Waals surface area contributed by atoms with Crippen LogP contribution in [0.2, 0.25) is 0 Å². The number of aryl methyl sites for hydroxylation is 1. The van der Waals surface area contributed by atoms with Crippen LogP contribution in [-0.4, -0.2) is 25.1 Å². The van der Waals surface area contributed by atoms with E-state index in [0.29, 0.717) is 5.75 Å². The zero-order valence-electron chi connectivity index (χ0n) is 11.5. The van der Waals surface area contributed by atoms with Gasteiger partial charge in [-0.25, -0.2) is 4.79 Å². The van der Waals surface area contributed by atoms with Gasteiger partial charge in [0.25, 0.3) is 0 Å². The number of carbonyl (C=O) groups excluding carboxylic acids is 1. The molecule has 1 aromatic carbocycles. The van der Waals surface area contributed by atoms with Crippen molar-refractivity contribution in [2.24, 2.45) is 0 Å². The average molecular weight is 235 g/mol. The van der Waals surface area contributed by atoms with E-state index in [1.807, 2.05) is 19.1 Å². The highest BCUT2D eigenvalue weighted by molar-refractivity contribution is 5.70. The fourth-order valence-electron chi connectivity index (χ4n) is 1.42. The molecule has 0 saturated heterocycles. The van der Waals surface area contributed by atoms with Crippen LogP contribution in [0.4, 0.5) is 4.79 Å². The van der Waals surface area contributed by atoms with E-state index in [0.717, 1.165) is 5.56 Å². The van der Waals surface area contributed by atoms with Gasteiger partial charge in [0.05, 0.1) is 0 Å². The zero-order valence-corrected chi connectivity index (χ0v) is 11.5. The Morgan fingerprint density at radius 3 is 2.24 bits per heavy atom. The third-order valence-electron chi connectivity index (χ3n) is 2.60. The third kappa shape index (κ3) is 3.48.